The molecule has 2 rings (SSSR count). The van der Waals surface area contributed by atoms with Crippen LogP contribution in [0.15, 0.2) is 18.2 Å². The topological polar surface area (TPSA) is 32.3 Å². The van der Waals surface area contributed by atoms with E-state index in [0.29, 0.717) is 17.0 Å². The standard InChI is InChI=1S/C14H20ClNO/c1-9-4-3-5-13(10(9)2)16-11-6-7-14(17)12(15)8-11/h6-10,13,16-17H,3-5H2,1-2H3. The monoisotopic (exact) mass is 253 g/mol. The molecule has 1 aromatic carbocycles. The van der Waals surface area contributed by atoms with Crippen LogP contribution in [0.5, 0.6) is 5.75 Å². The smallest absolute Gasteiger partial charge is 0.134 e. The van der Waals surface area contributed by atoms with Crippen molar-refractivity contribution < 1.29 is 5.11 Å². The SMILES string of the molecule is CC1CCCC(Nc2ccc(O)c(Cl)c2)C1C. The molecule has 94 valence electrons. The first-order chi connectivity index (χ1) is 8.08. The van der Waals surface area contributed by atoms with Crippen molar-refractivity contribution in [3.05, 3.63) is 23.2 Å². The Labute approximate surface area is 108 Å². The number of hydrogen-bond acceptors (Lipinski definition) is 2. The third-order valence-electron chi connectivity index (χ3n) is 4.01. The van der Waals surface area contributed by atoms with Crippen molar-refractivity contribution in [1.82, 2.24) is 0 Å². The van der Waals surface area contributed by atoms with Crippen molar-refractivity contribution >= 4 is 17.3 Å². The molecule has 0 amide bonds. The predicted octanol–water partition coefficient (Wildman–Crippen LogP) is 4.28. The molecule has 0 spiro atoms. The van der Waals surface area contributed by atoms with Crippen molar-refractivity contribution in [1.29, 1.82) is 0 Å². The van der Waals surface area contributed by atoms with Crippen molar-refractivity contribution in [2.24, 2.45) is 11.8 Å². The van der Waals surface area contributed by atoms with Crippen molar-refractivity contribution in [3.63, 3.8) is 0 Å². The summed E-state index contributed by atoms with van der Waals surface area (Å²) in [5, 5.41) is 13.3. The van der Waals surface area contributed by atoms with Gasteiger partial charge < -0.3 is 10.4 Å². The molecule has 0 radical (unpaired) electrons. The molecule has 2 N–H and O–H groups in total. The van der Waals surface area contributed by atoms with Gasteiger partial charge in [0, 0.05) is 11.7 Å². The Kier molecular flexibility index (Phi) is 3.82. The maximum Gasteiger partial charge on any atom is 0.134 e. The minimum absolute atomic E-state index is 0.141. The molecule has 0 heterocycles. The summed E-state index contributed by atoms with van der Waals surface area (Å²) in [6, 6.07) is 5.83. The van der Waals surface area contributed by atoms with Gasteiger partial charge in [0.2, 0.25) is 0 Å². The molecule has 0 bridgehead atoms. The second-order valence-electron chi connectivity index (χ2n) is 5.18. The number of anilines is 1. The largest absolute Gasteiger partial charge is 0.506 e. The fraction of sp³-hybridized carbons (Fsp3) is 0.571. The molecule has 1 saturated carbocycles. The van der Waals surface area contributed by atoms with E-state index in [1.54, 1.807) is 12.1 Å². The molecule has 1 aliphatic carbocycles. The summed E-state index contributed by atoms with van der Waals surface area (Å²) in [5.41, 5.74) is 0.999. The maximum absolute atomic E-state index is 9.38. The van der Waals surface area contributed by atoms with Gasteiger partial charge in [0.1, 0.15) is 5.75 Å². The zero-order valence-electron chi connectivity index (χ0n) is 10.4. The van der Waals surface area contributed by atoms with Gasteiger partial charge in [-0.3, -0.25) is 0 Å². The second kappa shape index (κ2) is 5.18. The molecule has 3 unspecified atom stereocenters. The van der Waals surface area contributed by atoms with Crippen molar-refractivity contribution in [2.45, 2.75) is 39.2 Å². The van der Waals surface area contributed by atoms with E-state index in [-0.39, 0.29) is 5.75 Å². The van der Waals surface area contributed by atoms with Crippen LogP contribution >= 0.6 is 11.6 Å². The van der Waals surface area contributed by atoms with Gasteiger partial charge in [0.25, 0.3) is 0 Å². The molecule has 0 aromatic heterocycles. The number of aromatic hydroxyl groups is 1. The highest BCUT2D eigenvalue weighted by atomic mass is 35.5. The maximum atomic E-state index is 9.38. The van der Waals surface area contributed by atoms with Crippen LogP contribution in [0.25, 0.3) is 0 Å². The summed E-state index contributed by atoms with van der Waals surface area (Å²) < 4.78 is 0. The highest BCUT2D eigenvalue weighted by Gasteiger charge is 2.26. The first-order valence-corrected chi connectivity index (χ1v) is 6.71. The Hall–Kier alpha value is -0.890. The van der Waals surface area contributed by atoms with Crippen LogP contribution in [-0.4, -0.2) is 11.1 Å². The quantitative estimate of drug-likeness (QED) is 0.771. The van der Waals surface area contributed by atoms with Gasteiger partial charge in [0.05, 0.1) is 5.02 Å². The van der Waals surface area contributed by atoms with Crippen molar-refractivity contribution in [3.8, 4) is 5.75 Å². The molecular formula is C14H20ClNO. The molecule has 2 nitrogen and oxygen atoms in total. The van der Waals surface area contributed by atoms with Gasteiger partial charge >= 0.3 is 0 Å². The van der Waals surface area contributed by atoms with E-state index < -0.39 is 0 Å². The van der Waals surface area contributed by atoms with Crippen molar-refractivity contribution in [2.75, 3.05) is 5.32 Å². The number of phenolic OH excluding ortho intramolecular Hbond substituents is 1. The van der Waals surface area contributed by atoms with Crippen LogP contribution in [0.2, 0.25) is 5.02 Å². The number of halogens is 1. The van der Waals surface area contributed by atoms with Crippen LogP contribution < -0.4 is 5.32 Å². The van der Waals surface area contributed by atoms with Gasteiger partial charge in [-0.2, -0.15) is 0 Å². The molecule has 17 heavy (non-hydrogen) atoms. The lowest BCUT2D eigenvalue weighted by Crippen LogP contribution is -2.34. The molecule has 1 aliphatic rings. The second-order valence-corrected chi connectivity index (χ2v) is 5.59. The lowest BCUT2D eigenvalue weighted by molar-refractivity contribution is 0.253. The number of nitrogens with one attached hydrogen (secondary N) is 1. The summed E-state index contributed by atoms with van der Waals surface area (Å²) in [5.74, 6) is 1.59. The third kappa shape index (κ3) is 2.86. The Morgan fingerprint density at radius 2 is 2.06 bits per heavy atom. The lowest BCUT2D eigenvalue weighted by atomic mass is 9.78. The van der Waals surface area contributed by atoms with Gasteiger partial charge in [-0.25, -0.2) is 0 Å². The van der Waals surface area contributed by atoms with Crippen LogP contribution in [0.3, 0.4) is 0 Å². The Balaban J connectivity index is 2.07. The Morgan fingerprint density at radius 1 is 1.29 bits per heavy atom. The Bertz CT molecular complexity index is 394. The third-order valence-corrected chi connectivity index (χ3v) is 4.31. The average molecular weight is 254 g/mol. The minimum atomic E-state index is 0.141. The first kappa shape index (κ1) is 12.6. The normalized spacial score (nSPS) is 29.0. The summed E-state index contributed by atoms with van der Waals surface area (Å²) in [4.78, 5) is 0. The molecule has 1 aromatic rings. The molecule has 3 atom stereocenters. The number of benzene rings is 1. The van der Waals surface area contributed by atoms with Crippen LogP contribution in [-0.2, 0) is 0 Å². The number of phenols is 1. The van der Waals surface area contributed by atoms with E-state index in [2.05, 4.69) is 19.2 Å². The molecule has 0 saturated heterocycles. The molecule has 1 fully saturated rings. The first-order valence-electron chi connectivity index (χ1n) is 6.33. The van der Waals surface area contributed by atoms with Gasteiger partial charge in [-0.05, 0) is 36.5 Å². The van der Waals surface area contributed by atoms with E-state index in [1.807, 2.05) is 6.07 Å². The summed E-state index contributed by atoms with van der Waals surface area (Å²) in [6.07, 6.45) is 3.83. The molecular weight excluding hydrogens is 234 g/mol. The predicted molar refractivity (Wildman–Crippen MR) is 72.7 cm³/mol. The fourth-order valence-electron chi connectivity index (χ4n) is 2.60. The molecule has 0 aliphatic heterocycles. The number of hydrogen-bond donors (Lipinski definition) is 2. The summed E-state index contributed by atoms with van der Waals surface area (Å²) in [7, 11) is 0. The van der Waals surface area contributed by atoms with Gasteiger partial charge in [0.15, 0.2) is 0 Å². The lowest BCUT2D eigenvalue weighted by Gasteiger charge is -2.35. The summed E-state index contributed by atoms with van der Waals surface area (Å²) in [6.45, 7) is 4.63. The van der Waals surface area contributed by atoms with Gasteiger partial charge in [-0.15, -0.1) is 0 Å². The zero-order valence-corrected chi connectivity index (χ0v) is 11.2. The Morgan fingerprint density at radius 3 is 2.76 bits per heavy atom. The minimum Gasteiger partial charge on any atom is -0.506 e. The fourth-order valence-corrected chi connectivity index (χ4v) is 2.78. The highest BCUT2D eigenvalue weighted by Crippen LogP contribution is 2.33. The zero-order chi connectivity index (χ0) is 12.4. The van der Waals surface area contributed by atoms with Crippen LogP contribution in [0.4, 0.5) is 5.69 Å². The average Bonchev–Trinajstić information content (AvgIpc) is 2.30. The summed E-state index contributed by atoms with van der Waals surface area (Å²) >= 11 is 5.91. The van der Waals surface area contributed by atoms with Crippen LogP contribution in [0.1, 0.15) is 33.1 Å². The van der Waals surface area contributed by atoms with E-state index in [0.717, 1.165) is 11.6 Å². The number of rotatable bonds is 2. The van der Waals surface area contributed by atoms with E-state index in [9.17, 15) is 5.11 Å². The molecule has 3 heteroatoms. The van der Waals surface area contributed by atoms with Crippen LogP contribution in [0, 0.1) is 11.8 Å². The van der Waals surface area contributed by atoms with Gasteiger partial charge in [-0.1, -0.05) is 38.3 Å². The van der Waals surface area contributed by atoms with E-state index >= 15 is 0 Å². The van der Waals surface area contributed by atoms with E-state index in [1.165, 1.54) is 19.3 Å². The highest BCUT2D eigenvalue weighted by molar-refractivity contribution is 6.32. The van der Waals surface area contributed by atoms with E-state index in [4.69, 9.17) is 11.6 Å².